The van der Waals surface area contributed by atoms with Crippen molar-refractivity contribution in [3.05, 3.63) is 48.5 Å². The van der Waals surface area contributed by atoms with Gasteiger partial charge in [0.05, 0.1) is 12.0 Å². The highest BCUT2D eigenvalue weighted by Crippen LogP contribution is 2.21. The summed E-state index contributed by atoms with van der Waals surface area (Å²) in [7, 11) is -0.161. The van der Waals surface area contributed by atoms with Crippen LogP contribution in [0.4, 0.5) is 5.69 Å². The van der Waals surface area contributed by atoms with Crippen molar-refractivity contribution in [3.8, 4) is 11.5 Å². The first-order chi connectivity index (χ1) is 13.9. The maximum atomic E-state index is 12.5. The summed E-state index contributed by atoms with van der Waals surface area (Å²) >= 11 is 0. The van der Waals surface area contributed by atoms with E-state index in [2.05, 4.69) is 9.62 Å². The van der Waals surface area contributed by atoms with Gasteiger partial charge in [-0.15, -0.1) is 0 Å². The minimum absolute atomic E-state index is 0.0695. The Balaban J connectivity index is 1.56. The number of hydrogen-bond donors (Lipinski definition) is 1. The highest BCUT2D eigenvalue weighted by molar-refractivity contribution is 7.92. The van der Waals surface area contributed by atoms with Gasteiger partial charge in [0.15, 0.2) is 6.61 Å². The van der Waals surface area contributed by atoms with Crippen LogP contribution >= 0.6 is 0 Å². The van der Waals surface area contributed by atoms with Gasteiger partial charge >= 0.3 is 0 Å². The third-order valence-corrected chi connectivity index (χ3v) is 6.09. The molecule has 9 heteroatoms. The normalized spacial score (nSPS) is 15.0. The van der Waals surface area contributed by atoms with Crippen LogP contribution < -0.4 is 14.2 Å². The van der Waals surface area contributed by atoms with E-state index in [9.17, 15) is 13.2 Å². The number of carbonyl (C=O) groups is 1. The number of hydrogen-bond acceptors (Lipinski definition) is 6. The number of amides is 1. The van der Waals surface area contributed by atoms with Crippen LogP contribution in [0.25, 0.3) is 0 Å². The number of carbonyl (C=O) groups excluding carboxylic acids is 1. The number of benzene rings is 2. The van der Waals surface area contributed by atoms with Crippen LogP contribution in [0, 0.1) is 0 Å². The van der Waals surface area contributed by atoms with E-state index in [0.717, 1.165) is 13.1 Å². The van der Waals surface area contributed by atoms with Crippen LogP contribution in [0.15, 0.2) is 53.4 Å². The van der Waals surface area contributed by atoms with Gasteiger partial charge in [-0.25, -0.2) is 8.42 Å². The van der Waals surface area contributed by atoms with Gasteiger partial charge in [-0.3, -0.25) is 9.52 Å². The molecule has 3 rings (SSSR count). The van der Waals surface area contributed by atoms with Crippen molar-refractivity contribution in [2.45, 2.75) is 4.90 Å². The molecular formula is C20H25N3O5S. The molecule has 0 aromatic heterocycles. The molecule has 1 aliphatic heterocycles. The summed E-state index contributed by atoms with van der Waals surface area (Å²) in [5.41, 5.74) is 0.434. The Morgan fingerprint density at radius 1 is 0.966 bits per heavy atom. The summed E-state index contributed by atoms with van der Waals surface area (Å²) < 4.78 is 38.1. The van der Waals surface area contributed by atoms with Crippen molar-refractivity contribution in [2.24, 2.45) is 0 Å². The first-order valence-corrected chi connectivity index (χ1v) is 10.7. The molecule has 29 heavy (non-hydrogen) atoms. The monoisotopic (exact) mass is 419 g/mol. The molecule has 1 saturated heterocycles. The molecule has 1 heterocycles. The van der Waals surface area contributed by atoms with Crippen molar-refractivity contribution < 1.29 is 22.7 Å². The zero-order chi connectivity index (χ0) is 20.9. The maximum absolute atomic E-state index is 12.5. The summed E-state index contributed by atoms with van der Waals surface area (Å²) in [5, 5.41) is 0. The average Bonchev–Trinajstić information content (AvgIpc) is 2.73. The lowest BCUT2D eigenvalue weighted by Gasteiger charge is -2.32. The Kier molecular flexibility index (Phi) is 6.60. The fraction of sp³-hybridized carbons (Fsp3) is 0.350. The molecule has 1 fully saturated rings. The highest BCUT2D eigenvalue weighted by atomic mass is 32.2. The highest BCUT2D eigenvalue weighted by Gasteiger charge is 2.19. The number of likely N-dealkylation sites (N-methyl/N-ethyl adjacent to an activating group) is 1. The van der Waals surface area contributed by atoms with Gasteiger partial charge < -0.3 is 19.3 Å². The Morgan fingerprint density at radius 2 is 1.55 bits per heavy atom. The molecule has 2 aromatic rings. The molecular weight excluding hydrogens is 394 g/mol. The predicted octanol–water partition coefficient (Wildman–Crippen LogP) is 1.65. The number of rotatable bonds is 7. The number of nitrogens with one attached hydrogen (secondary N) is 1. The molecule has 8 nitrogen and oxygen atoms in total. The molecule has 0 saturated carbocycles. The molecule has 0 atom stereocenters. The second-order valence-corrected chi connectivity index (χ2v) is 8.46. The largest absolute Gasteiger partial charge is 0.497 e. The van der Waals surface area contributed by atoms with Crippen LogP contribution in [-0.4, -0.2) is 71.1 Å². The van der Waals surface area contributed by atoms with Crippen molar-refractivity contribution in [1.29, 1.82) is 0 Å². The molecule has 156 valence electrons. The summed E-state index contributed by atoms with van der Waals surface area (Å²) in [6.07, 6.45) is 0. The van der Waals surface area contributed by atoms with Crippen LogP contribution in [-0.2, 0) is 14.8 Å². The van der Waals surface area contributed by atoms with E-state index < -0.39 is 10.0 Å². The SMILES string of the molecule is COc1ccc(NS(=O)(=O)c2ccc(OCC(=O)N3CCN(C)CC3)cc2)cc1. The van der Waals surface area contributed by atoms with E-state index in [1.807, 2.05) is 7.05 Å². The van der Waals surface area contributed by atoms with Crippen molar-refractivity contribution in [3.63, 3.8) is 0 Å². The third-order valence-electron chi connectivity index (χ3n) is 4.69. The van der Waals surface area contributed by atoms with Gasteiger partial charge in [0, 0.05) is 31.9 Å². The van der Waals surface area contributed by atoms with Crippen LogP contribution in [0.2, 0.25) is 0 Å². The number of sulfonamides is 1. The molecule has 0 spiro atoms. The molecule has 1 aliphatic rings. The van der Waals surface area contributed by atoms with Gasteiger partial charge in [-0.1, -0.05) is 0 Å². The Bertz CT molecular complexity index is 922. The van der Waals surface area contributed by atoms with Gasteiger partial charge in [-0.2, -0.15) is 0 Å². The Morgan fingerprint density at radius 3 is 2.14 bits per heavy atom. The predicted molar refractivity (Wildman–Crippen MR) is 110 cm³/mol. The van der Waals surface area contributed by atoms with Gasteiger partial charge in [0.25, 0.3) is 15.9 Å². The summed E-state index contributed by atoms with van der Waals surface area (Å²) in [6, 6.07) is 12.6. The van der Waals surface area contributed by atoms with Crippen molar-refractivity contribution in [1.82, 2.24) is 9.80 Å². The van der Waals surface area contributed by atoms with E-state index in [0.29, 0.717) is 30.3 Å². The van der Waals surface area contributed by atoms with E-state index >= 15 is 0 Å². The minimum atomic E-state index is -3.73. The lowest BCUT2D eigenvalue weighted by atomic mass is 10.3. The van der Waals surface area contributed by atoms with E-state index in [4.69, 9.17) is 9.47 Å². The lowest BCUT2D eigenvalue weighted by molar-refractivity contribution is -0.134. The number of nitrogens with zero attached hydrogens (tertiary/aromatic N) is 2. The third kappa shape index (κ3) is 5.61. The first-order valence-electron chi connectivity index (χ1n) is 9.23. The molecule has 0 radical (unpaired) electrons. The van der Waals surface area contributed by atoms with Crippen molar-refractivity contribution >= 4 is 21.6 Å². The molecule has 1 N–H and O–H groups in total. The maximum Gasteiger partial charge on any atom is 0.261 e. The average molecular weight is 420 g/mol. The summed E-state index contributed by atoms with van der Waals surface area (Å²) in [6.45, 7) is 3.00. The smallest absolute Gasteiger partial charge is 0.261 e. The number of methoxy groups -OCH3 is 1. The Labute approximate surface area is 171 Å². The quantitative estimate of drug-likeness (QED) is 0.734. The van der Waals surface area contributed by atoms with Gasteiger partial charge in [0.1, 0.15) is 11.5 Å². The summed E-state index contributed by atoms with van der Waals surface area (Å²) in [5.74, 6) is 1.01. The van der Waals surface area contributed by atoms with Gasteiger partial charge in [-0.05, 0) is 55.6 Å². The fourth-order valence-electron chi connectivity index (χ4n) is 2.88. The fourth-order valence-corrected chi connectivity index (χ4v) is 3.94. The van der Waals surface area contributed by atoms with Crippen LogP contribution in [0.3, 0.4) is 0 Å². The lowest BCUT2D eigenvalue weighted by Crippen LogP contribution is -2.48. The van der Waals surface area contributed by atoms with E-state index in [-0.39, 0.29) is 17.4 Å². The molecule has 0 bridgehead atoms. The number of anilines is 1. The molecule has 2 aromatic carbocycles. The molecule has 0 unspecified atom stereocenters. The standard InChI is InChI=1S/C20H25N3O5S/c1-22-11-13-23(14-12-22)20(24)15-28-18-7-9-19(10-8-18)29(25,26)21-16-3-5-17(27-2)6-4-16/h3-10,21H,11-15H2,1-2H3. The van der Waals surface area contributed by atoms with Crippen LogP contribution in [0.5, 0.6) is 11.5 Å². The van der Waals surface area contributed by atoms with Crippen LogP contribution in [0.1, 0.15) is 0 Å². The van der Waals surface area contributed by atoms with E-state index in [1.54, 1.807) is 48.4 Å². The number of ether oxygens (including phenoxy) is 2. The topological polar surface area (TPSA) is 88.2 Å². The zero-order valence-electron chi connectivity index (χ0n) is 16.5. The number of piperazine rings is 1. The zero-order valence-corrected chi connectivity index (χ0v) is 17.3. The second kappa shape index (κ2) is 9.15. The second-order valence-electron chi connectivity index (χ2n) is 6.78. The molecule has 1 amide bonds. The van der Waals surface area contributed by atoms with Gasteiger partial charge in [0.2, 0.25) is 0 Å². The molecule has 0 aliphatic carbocycles. The Hall–Kier alpha value is -2.78. The van der Waals surface area contributed by atoms with Crippen molar-refractivity contribution in [2.75, 3.05) is 51.7 Å². The first kappa shape index (κ1) is 20.9. The summed E-state index contributed by atoms with van der Waals surface area (Å²) in [4.78, 5) is 16.3. The van der Waals surface area contributed by atoms with E-state index in [1.165, 1.54) is 12.1 Å². The minimum Gasteiger partial charge on any atom is -0.497 e.